The number of nitrogens with two attached hydrogens (primary N) is 1. The average molecular weight is 215 g/mol. The fourth-order valence-electron chi connectivity index (χ4n) is 0.802. The Hall–Kier alpha value is -1.08. The van der Waals surface area contributed by atoms with Crippen molar-refractivity contribution in [2.24, 2.45) is 11.7 Å². The molecule has 0 bridgehead atoms. The average Bonchev–Trinajstić information content (AvgIpc) is 2.56. The molecule has 7 heteroatoms. The predicted molar refractivity (Wildman–Crippen MR) is 53.8 cm³/mol. The standard InChI is InChI=1S/C7H13N5OS/c1-4(2)5(8)3-6(13)9-7-10-11-12-14-7/h4-5H,3,8H2,1-2H3,(H,9,10,12,13). The third-order valence-corrected chi connectivity index (χ3v) is 2.33. The fraction of sp³-hybridized carbons (Fsp3) is 0.714. The first-order valence-electron chi connectivity index (χ1n) is 4.30. The van der Waals surface area contributed by atoms with E-state index in [9.17, 15) is 4.79 Å². The molecule has 14 heavy (non-hydrogen) atoms. The van der Waals surface area contributed by atoms with Gasteiger partial charge in [-0.2, -0.15) is 0 Å². The Morgan fingerprint density at radius 2 is 2.36 bits per heavy atom. The Labute approximate surface area is 86.0 Å². The van der Waals surface area contributed by atoms with Crippen LogP contribution in [0.4, 0.5) is 5.13 Å². The number of nitrogens with zero attached hydrogens (tertiary/aromatic N) is 3. The minimum Gasteiger partial charge on any atom is -0.327 e. The van der Waals surface area contributed by atoms with Crippen LogP contribution in [0.5, 0.6) is 0 Å². The molecule has 0 fully saturated rings. The van der Waals surface area contributed by atoms with E-state index in [2.05, 4.69) is 20.1 Å². The summed E-state index contributed by atoms with van der Waals surface area (Å²) in [4.78, 5) is 11.3. The summed E-state index contributed by atoms with van der Waals surface area (Å²) in [7, 11) is 0. The molecule has 1 aromatic heterocycles. The van der Waals surface area contributed by atoms with E-state index in [-0.39, 0.29) is 24.3 Å². The number of aromatic nitrogens is 3. The van der Waals surface area contributed by atoms with Gasteiger partial charge in [-0.25, -0.2) is 0 Å². The summed E-state index contributed by atoms with van der Waals surface area (Å²) in [6, 6.07) is -0.129. The van der Waals surface area contributed by atoms with E-state index in [4.69, 9.17) is 5.73 Å². The number of hydrogen-bond acceptors (Lipinski definition) is 6. The van der Waals surface area contributed by atoms with Crippen LogP contribution in [-0.2, 0) is 4.79 Å². The maximum atomic E-state index is 11.3. The monoisotopic (exact) mass is 215 g/mol. The van der Waals surface area contributed by atoms with Gasteiger partial charge in [0.2, 0.25) is 11.0 Å². The highest BCUT2D eigenvalue weighted by molar-refractivity contribution is 7.09. The highest BCUT2D eigenvalue weighted by atomic mass is 32.1. The van der Waals surface area contributed by atoms with Gasteiger partial charge >= 0.3 is 0 Å². The number of nitrogens with one attached hydrogen (secondary N) is 1. The van der Waals surface area contributed by atoms with E-state index < -0.39 is 0 Å². The molecule has 1 aromatic rings. The first-order valence-corrected chi connectivity index (χ1v) is 5.07. The van der Waals surface area contributed by atoms with E-state index in [1.165, 1.54) is 0 Å². The van der Waals surface area contributed by atoms with Crippen LogP contribution in [-0.4, -0.2) is 26.7 Å². The molecule has 3 N–H and O–H groups in total. The van der Waals surface area contributed by atoms with Gasteiger partial charge in [0.05, 0.1) is 0 Å². The Balaban J connectivity index is 2.36. The van der Waals surface area contributed by atoms with Crippen LogP contribution in [0, 0.1) is 5.92 Å². The smallest absolute Gasteiger partial charge is 0.231 e. The minimum absolute atomic E-state index is 0.129. The molecule has 1 rings (SSSR count). The SMILES string of the molecule is CC(C)C(N)CC(=O)Nc1nnns1. The summed E-state index contributed by atoms with van der Waals surface area (Å²) in [5.74, 6) is 0.137. The molecule has 1 atom stereocenters. The first kappa shape index (κ1) is 11.0. The molecular formula is C7H13N5OS. The Bertz CT molecular complexity index is 286. The van der Waals surface area contributed by atoms with Crippen molar-refractivity contribution in [1.29, 1.82) is 0 Å². The van der Waals surface area contributed by atoms with Gasteiger partial charge in [-0.1, -0.05) is 23.4 Å². The number of carbonyl (C=O) groups excluding carboxylic acids is 1. The molecular weight excluding hydrogens is 202 g/mol. The van der Waals surface area contributed by atoms with Crippen LogP contribution in [0.15, 0.2) is 0 Å². The van der Waals surface area contributed by atoms with Crippen molar-refractivity contribution < 1.29 is 4.79 Å². The quantitative estimate of drug-likeness (QED) is 0.750. The van der Waals surface area contributed by atoms with Crippen LogP contribution < -0.4 is 11.1 Å². The topological polar surface area (TPSA) is 93.8 Å². The Morgan fingerprint density at radius 1 is 1.64 bits per heavy atom. The van der Waals surface area contributed by atoms with E-state index >= 15 is 0 Å². The third kappa shape index (κ3) is 3.35. The second-order valence-electron chi connectivity index (χ2n) is 3.33. The summed E-state index contributed by atoms with van der Waals surface area (Å²) in [6.45, 7) is 3.95. The molecule has 0 saturated carbocycles. The summed E-state index contributed by atoms with van der Waals surface area (Å²) in [6.07, 6.45) is 0.289. The van der Waals surface area contributed by atoms with Crippen molar-refractivity contribution >= 4 is 22.6 Å². The van der Waals surface area contributed by atoms with Gasteiger partial charge in [0.1, 0.15) is 0 Å². The van der Waals surface area contributed by atoms with Gasteiger partial charge in [0.15, 0.2) is 0 Å². The highest BCUT2D eigenvalue weighted by Crippen LogP contribution is 2.08. The van der Waals surface area contributed by atoms with Gasteiger partial charge in [0, 0.05) is 24.0 Å². The Morgan fingerprint density at radius 3 is 2.86 bits per heavy atom. The zero-order valence-corrected chi connectivity index (χ0v) is 8.91. The number of amides is 1. The molecule has 6 nitrogen and oxygen atoms in total. The zero-order valence-electron chi connectivity index (χ0n) is 8.10. The molecule has 1 heterocycles. The van der Waals surface area contributed by atoms with Crippen molar-refractivity contribution in [3.63, 3.8) is 0 Å². The van der Waals surface area contributed by atoms with Crippen LogP contribution >= 0.6 is 11.5 Å². The molecule has 78 valence electrons. The lowest BCUT2D eigenvalue weighted by molar-refractivity contribution is -0.116. The van der Waals surface area contributed by atoms with E-state index in [0.717, 1.165) is 11.5 Å². The molecule has 0 aromatic carbocycles. The molecule has 0 radical (unpaired) electrons. The number of anilines is 1. The molecule has 0 aliphatic heterocycles. The van der Waals surface area contributed by atoms with Crippen molar-refractivity contribution in [3.05, 3.63) is 0 Å². The largest absolute Gasteiger partial charge is 0.327 e. The van der Waals surface area contributed by atoms with E-state index in [1.807, 2.05) is 13.8 Å². The van der Waals surface area contributed by atoms with Crippen LogP contribution in [0.2, 0.25) is 0 Å². The van der Waals surface area contributed by atoms with Crippen LogP contribution in [0.3, 0.4) is 0 Å². The van der Waals surface area contributed by atoms with Crippen molar-refractivity contribution in [1.82, 2.24) is 14.8 Å². The lowest BCUT2D eigenvalue weighted by Crippen LogP contribution is -2.31. The molecule has 1 amide bonds. The zero-order chi connectivity index (χ0) is 10.6. The van der Waals surface area contributed by atoms with Gasteiger partial charge in [-0.05, 0) is 11.1 Å². The van der Waals surface area contributed by atoms with Gasteiger partial charge in [-0.3, -0.25) is 10.1 Å². The third-order valence-electron chi connectivity index (χ3n) is 1.82. The van der Waals surface area contributed by atoms with Crippen molar-refractivity contribution in [2.75, 3.05) is 5.32 Å². The maximum absolute atomic E-state index is 11.3. The van der Waals surface area contributed by atoms with Gasteiger partial charge in [-0.15, -0.1) is 0 Å². The Kier molecular flexibility index (Phi) is 3.90. The van der Waals surface area contributed by atoms with E-state index in [0.29, 0.717) is 5.13 Å². The lowest BCUT2D eigenvalue weighted by atomic mass is 10.0. The van der Waals surface area contributed by atoms with Crippen molar-refractivity contribution in [3.8, 4) is 0 Å². The predicted octanol–water partition coefficient (Wildman–Crippen LogP) is 0.245. The summed E-state index contributed by atoms with van der Waals surface area (Å²) in [5, 5.41) is 9.93. The van der Waals surface area contributed by atoms with Crippen LogP contribution in [0.25, 0.3) is 0 Å². The normalized spacial score (nSPS) is 12.9. The summed E-state index contributed by atoms with van der Waals surface area (Å²) < 4.78 is 3.52. The number of rotatable bonds is 4. The molecule has 0 aliphatic carbocycles. The number of carbonyl (C=O) groups is 1. The summed E-state index contributed by atoms with van der Waals surface area (Å²) in [5.41, 5.74) is 5.74. The maximum Gasteiger partial charge on any atom is 0.231 e. The second kappa shape index (κ2) is 4.97. The first-order chi connectivity index (χ1) is 6.59. The van der Waals surface area contributed by atoms with E-state index in [1.54, 1.807) is 0 Å². The van der Waals surface area contributed by atoms with Gasteiger partial charge in [0.25, 0.3) is 0 Å². The fourth-order valence-corrected chi connectivity index (χ4v) is 1.18. The molecule has 0 saturated heterocycles. The van der Waals surface area contributed by atoms with Gasteiger partial charge < -0.3 is 5.73 Å². The molecule has 0 aliphatic rings. The lowest BCUT2D eigenvalue weighted by Gasteiger charge is -2.13. The minimum atomic E-state index is -0.148. The van der Waals surface area contributed by atoms with Crippen molar-refractivity contribution in [2.45, 2.75) is 26.3 Å². The molecule has 0 spiro atoms. The number of hydrogen-bond donors (Lipinski definition) is 2. The second-order valence-corrected chi connectivity index (χ2v) is 4.06. The summed E-state index contributed by atoms with van der Waals surface area (Å²) >= 11 is 1.04. The van der Waals surface area contributed by atoms with Crippen LogP contribution in [0.1, 0.15) is 20.3 Å². The highest BCUT2D eigenvalue weighted by Gasteiger charge is 2.13. The molecule has 1 unspecified atom stereocenters.